The quantitative estimate of drug-likeness (QED) is 0.410. The molecule has 190 valence electrons. The number of carboxylic acid groups (broad SMARTS) is 1. The van der Waals surface area contributed by atoms with E-state index >= 15 is 0 Å². The number of benzene rings is 3. The van der Waals surface area contributed by atoms with Crippen LogP contribution in [0.15, 0.2) is 59.5 Å². The molecule has 1 aliphatic heterocycles. The lowest BCUT2D eigenvalue weighted by Crippen LogP contribution is -2.32. The second-order valence-corrected chi connectivity index (χ2v) is 10.9. The fourth-order valence-electron chi connectivity index (χ4n) is 4.65. The molecule has 4 rings (SSSR count). The zero-order valence-corrected chi connectivity index (χ0v) is 21.4. The maximum Gasteiger partial charge on any atom is 0.304 e. The van der Waals surface area contributed by atoms with Gasteiger partial charge in [0.05, 0.1) is 17.8 Å². The third-order valence-electron chi connectivity index (χ3n) is 6.77. The molecule has 4 N–H and O–H groups in total. The standard InChI is InChI=1S/C27H31N3O5S/c1-17-8-9-19(22(15-26(31)32)21-10-11-23(29-3)27(28)18(21)2)14-20(17)16-30-12-13-35-24-6-4-5-7-25(24)36(30,33)34/h4-11,14,22,29H,12-13,15-16,28H2,1-3H3,(H,31,32)/t22-/m1/s1. The minimum Gasteiger partial charge on any atom is -0.491 e. The Morgan fingerprint density at radius 1 is 1.17 bits per heavy atom. The molecule has 8 nitrogen and oxygen atoms in total. The van der Waals surface area contributed by atoms with Crippen molar-refractivity contribution in [2.75, 3.05) is 31.2 Å². The van der Waals surface area contributed by atoms with Gasteiger partial charge in [-0.05, 0) is 59.9 Å². The maximum atomic E-state index is 13.4. The predicted octanol–water partition coefficient (Wildman–Crippen LogP) is 4.12. The number of aliphatic carboxylic acids is 1. The summed E-state index contributed by atoms with van der Waals surface area (Å²) in [6, 6.07) is 16.1. The topological polar surface area (TPSA) is 122 Å². The first-order valence-corrected chi connectivity index (χ1v) is 13.2. The summed E-state index contributed by atoms with van der Waals surface area (Å²) >= 11 is 0. The second-order valence-electron chi connectivity index (χ2n) is 8.96. The minimum absolute atomic E-state index is 0.120. The highest BCUT2D eigenvalue weighted by Crippen LogP contribution is 2.37. The van der Waals surface area contributed by atoms with Crippen LogP contribution in [-0.2, 0) is 21.4 Å². The minimum atomic E-state index is -3.77. The molecule has 0 amide bonds. The van der Waals surface area contributed by atoms with E-state index in [2.05, 4.69) is 5.32 Å². The highest BCUT2D eigenvalue weighted by molar-refractivity contribution is 7.89. The Labute approximate surface area is 211 Å². The van der Waals surface area contributed by atoms with Crippen LogP contribution in [0, 0.1) is 13.8 Å². The molecule has 1 heterocycles. The molecule has 0 aromatic heterocycles. The normalized spacial score (nSPS) is 15.9. The van der Waals surface area contributed by atoms with Crippen LogP contribution in [0.25, 0.3) is 0 Å². The SMILES string of the molecule is CNc1ccc([C@H](CC(=O)O)c2ccc(C)c(CN3CCOc4ccccc4S3(=O)=O)c2)c(C)c1N. The molecule has 3 aromatic carbocycles. The van der Waals surface area contributed by atoms with Gasteiger partial charge in [0.25, 0.3) is 0 Å². The van der Waals surface area contributed by atoms with Crippen LogP contribution >= 0.6 is 0 Å². The summed E-state index contributed by atoms with van der Waals surface area (Å²) < 4.78 is 33.9. The molecule has 0 saturated carbocycles. The first kappa shape index (κ1) is 25.5. The van der Waals surface area contributed by atoms with Gasteiger partial charge in [-0.25, -0.2) is 8.42 Å². The number of nitrogens with zero attached hydrogens (tertiary/aromatic N) is 1. The van der Waals surface area contributed by atoms with Gasteiger partial charge in [0.2, 0.25) is 10.0 Å². The summed E-state index contributed by atoms with van der Waals surface area (Å²) in [5.41, 5.74) is 11.8. The lowest BCUT2D eigenvalue weighted by molar-refractivity contribution is -0.137. The number of para-hydroxylation sites is 1. The third kappa shape index (κ3) is 4.89. The molecule has 3 aromatic rings. The Balaban J connectivity index is 1.74. The van der Waals surface area contributed by atoms with Crippen LogP contribution in [0.4, 0.5) is 11.4 Å². The highest BCUT2D eigenvalue weighted by atomic mass is 32.2. The maximum absolute atomic E-state index is 13.4. The van der Waals surface area contributed by atoms with Crippen molar-refractivity contribution in [2.24, 2.45) is 0 Å². The largest absolute Gasteiger partial charge is 0.491 e. The Morgan fingerprint density at radius 3 is 2.64 bits per heavy atom. The number of hydrogen-bond donors (Lipinski definition) is 3. The van der Waals surface area contributed by atoms with E-state index < -0.39 is 21.9 Å². The van der Waals surface area contributed by atoms with Gasteiger partial charge < -0.3 is 20.9 Å². The number of hydrogen-bond acceptors (Lipinski definition) is 6. The molecule has 9 heteroatoms. The summed E-state index contributed by atoms with van der Waals surface area (Å²) in [4.78, 5) is 12.0. The van der Waals surface area contributed by atoms with Gasteiger partial charge in [-0.2, -0.15) is 4.31 Å². The van der Waals surface area contributed by atoms with E-state index in [-0.39, 0.29) is 31.0 Å². The van der Waals surface area contributed by atoms with Crippen LogP contribution < -0.4 is 15.8 Å². The van der Waals surface area contributed by atoms with E-state index in [0.717, 1.165) is 33.5 Å². The van der Waals surface area contributed by atoms with Crippen molar-refractivity contribution in [1.82, 2.24) is 4.31 Å². The summed E-state index contributed by atoms with van der Waals surface area (Å²) in [6.07, 6.45) is -0.120. The zero-order valence-electron chi connectivity index (χ0n) is 20.6. The molecular weight excluding hydrogens is 478 g/mol. The average Bonchev–Trinajstić information content (AvgIpc) is 2.97. The Hall–Kier alpha value is -3.56. The van der Waals surface area contributed by atoms with Crippen LogP contribution in [0.1, 0.15) is 40.2 Å². The molecule has 0 unspecified atom stereocenters. The van der Waals surface area contributed by atoms with Crippen molar-refractivity contribution < 1.29 is 23.1 Å². The molecule has 1 atom stereocenters. The molecule has 36 heavy (non-hydrogen) atoms. The first-order chi connectivity index (χ1) is 17.1. The monoisotopic (exact) mass is 509 g/mol. The van der Waals surface area contributed by atoms with E-state index in [1.54, 1.807) is 31.3 Å². The second kappa shape index (κ2) is 10.2. The predicted molar refractivity (Wildman–Crippen MR) is 140 cm³/mol. The first-order valence-electron chi connectivity index (χ1n) is 11.7. The van der Waals surface area contributed by atoms with E-state index in [1.807, 2.05) is 44.2 Å². The summed E-state index contributed by atoms with van der Waals surface area (Å²) in [7, 11) is -1.98. The molecule has 0 fully saturated rings. The number of rotatable bonds is 7. The van der Waals surface area contributed by atoms with Gasteiger partial charge in [-0.3, -0.25) is 4.79 Å². The van der Waals surface area contributed by atoms with Crippen molar-refractivity contribution in [3.05, 3.63) is 82.4 Å². The van der Waals surface area contributed by atoms with E-state index in [9.17, 15) is 18.3 Å². The van der Waals surface area contributed by atoms with Crippen LogP contribution in [0.3, 0.4) is 0 Å². The van der Waals surface area contributed by atoms with Gasteiger partial charge in [0.15, 0.2) is 0 Å². The Kier molecular flexibility index (Phi) is 7.23. The van der Waals surface area contributed by atoms with E-state index in [1.165, 1.54) is 4.31 Å². The van der Waals surface area contributed by atoms with E-state index in [4.69, 9.17) is 10.5 Å². The van der Waals surface area contributed by atoms with E-state index in [0.29, 0.717) is 11.4 Å². The molecule has 0 aliphatic carbocycles. The van der Waals surface area contributed by atoms with Gasteiger partial charge in [0, 0.05) is 26.1 Å². The van der Waals surface area contributed by atoms with Crippen molar-refractivity contribution in [3.63, 3.8) is 0 Å². The Bertz CT molecular complexity index is 1400. The summed E-state index contributed by atoms with van der Waals surface area (Å²) in [5.74, 6) is -1.02. The molecule has 0 bridgehead atoms. The fraction of sp³-hybridized carbons (Fsp3) is 0.296. The lowest BCUT2D eigenvalue weighted by atomic mass is 9.84. The zero-order chi connectivity index (χ0) is 26.0. The van der Waals surface area contributed by atoms with Gasteiger partial charge >= 0.3 is 5.97 Å². The summed E-state index contributed by atoms with van der Waals surface area (Å²) in [6.45, 7) is 4.41. The number of aryl methyl sites for hydroxylation is 1. The molecule has 1 aliphatic rings. The smallest absolute Gasteiger partial charge is 0.304 e. The number of nitrogen functional groups attached to an aromatic ring is 1. The Morgan fingerprint density at radius 2 is 1.92 bits per heavy atom. The molecule has 0 spiro atoms. The van der Waals surface area contributed by atoms with Crippen LogP contribution in [-0.4, -0.2) is 44.0 Å². The number of carbonyl (C=O) groups is 1. The number of fused-ring (bicyclic) bond motifs is 1. The van der Waals surface area contributed by atoms with Crippen molar-refractivity contribution >= 4 is 27.4 Å². The van der Waals surface area contributed by atoms with Crippen LogP contribution in [0.5, 0.6) is 5.75 Å². The molecular formula is C27H31N3O5S. The molecule has 0 radical (unpaired) electrons. The third-order valence-corrected chi connectivity index (χ3v) is 8.65. The van der Waals surface area contributed by atoms with Gasteiger partial charge in [-0.15, -0.1) is 0 Å². The van der Waals surface area contributed by atoms with Crippen molar-refractivity contribution in [2.45, 2.75) is 37.6 Å². The number of carboxylic acids is 1. The summed E-state index contributed by atoms with van der Waals surface area (Å²) in [5, 5.41) is 12.8. The number of nitrogens with two attached hydrogens (primary N) is 1. The van der Waals surface area contributed by atoms with Crippen molar-refractivity contribution in [3.8, 4) is 5.75 Å². The van der Waals surface area contributed by atoms with Gasteiger partial charge in [0.1, 0.15) is 17.3 Å². The highest BCUT2D eigenvalue weighted by Gasteiger charge is 2.31. The fourth-order valence-corrected chi connectivity index (χ4v) is 6.19. The van der Waals surface area contributed by atoms with Crippen LogP contribution in [0.2, 0.25) is 0 Å². The lowest BCUT2D eigenvalue weighted by Gasteiger charge is -2.24. The number of nitrogens with one attached hydrogen (secondary N) is 1. The number of ether oxygens (including phenoxy) is 1. The van der Waals surface area contributed by atoms with Gasteiger partial charge in [-0.1, -0.05) is 36.4 Å². The molecule has 0 saturated heterocycles. The van der Waals surface area contributed by atoms with Crippen molar-refractivity contribution in [1.29, 1.82) is 0 Å². The number of anilines is 2. The number of sulfonamides is 1. The average molecular weight is 510 g/mol.